The van der Waals surface area contributed by atoms with Gasteiger partial charge in [0.2, 0.25) is 5.69 Å². The number of carbonyl (C=O) groups is 2. The minimum Gasteiger partial charge on any atom is -0.476 e. The molecule has 0 aliphatic heterocycles. The topological polar surface area (TPSA) is 105 Å². The Morgan fingerprint density at radius 2 is 1.52 bits per heavy atom. The van der Waals surface area contributed by atoms with Gasteiger partial charge in [-0.1, -0.05) is 57.1 Å². The van der Waals surface area contributed by atoms with Crippen molar-refractivity contribution in [2.75, 3.05) is 0 Å². The SMILES string of the molecule is CCCCCCCCCCn1nnc(C(=O)O)c1C(=O)O. The van der Waals surface area contributed by atoms with E-state index in [9.17, 15) is 9.59 Å². The fourth-order valence-corrected chi connectivity index (χ4v) is 2.22. The normalized spacial score (nSPS) is 10.7. The zero-order chi connectivity index (χ0) is 15.7. The average Bonchev–Trinajstić information content (AvgIpc) is 2.86. The summed E-state index contributed by atoms with van der Waals surface area (Å²) >= 11 is 0. The summed E-state index contributed by atoms with van der Waals surface area (Å²) in [7, 11) is 0. The van der Waals surface area contributed by atoms with Crippen LogP contribution in [0.15, 0.2) is 0 Å². The molecule has 2 N–H and O–H groups in total. The fourth-order valence-electron chi connectivity index (χ4n) is 2.22. The van der Waals surface area contributed by atoms with E-state index in [1.807, 2.05) is 0 Å². The molecule has 0 aliphatic carbocycles. The quantitative estimate of drug-likeness (QED) is 0.608. The third-order valence-electron chi connectivity index (χ3n) is 3.36. The van der Waals surface area contributed by atoms with E-state index < -0.39 is 17.6 Å². The highest BCUT2D eigenvalue weighted by atomic mass is 16.4. The lowest BCUT2D eigenvalue weighted by molar-refractivity contribution is 0.0640. The molecule has 0 saturated heterocycles. The molecule has 0 amide bonds. The number of aryl methyl sites for hydroxylation is 1. The van der Waals surface area contributed by atoms with Crippen molar-refractivity contribution in [3.63, 3.8) is 0 Å². The summed E-state index contributed by atoms with van der Waals surface area (Å²) in [6, 6.07) is 0. The molecular formula is C14H23N3O4. The highest BCUT2D eigenvalue weighted by Crippen LogP contribution is 2.11. The lowest BCUT2D eigenvalue weighted by Gasteiger charge is -2.04. The maximum Gasteiger partial charge on any atom is 0.359 e. The number of carboxylic acid groups (broad SMARTS) is 2. The summed E-state index contributed by atoms with van der Waals surface area (Å²) in [5.74, 6) is -2.67. The Balaban J connectivity index is 2.35. The van der Waals surface area contributed by atoms with Crippen molar-refractivity contribution in [2.24, 2.45) is 0 Å². The molecule has 7 heteroatoms. The van der Waals surface area contributed by atoms with Crippen LogP contribution in [-0.4, -0.2) is 37.1 Å². The molecule has 7 nitrogen and oxygen atoms in total. The van der Waals surface area contributed by atoms with E-state index in [4.69, 9.17) is 10.2 Å². The maximum absolute atomic E-state index is 11.1. The second kappa shape index (κ2) is 9.10. The smallest absolute Gasteiger partial charge is 0.359 e. The van der Waals surface area contributed by atoms with Crippen molar-refractivity contribution < 1.29 is 19.8 Å². The molecule has 0 unspecified atom stereocenters. The number of aromatic nitrogens is 3. The lowest BCUT2D eigenvalue weighted by Crippen LogP contribution is -2.14. The monoisotopic (exact) mass is 297 g/mol. The Morgan fingerprint density at radius 3 is 2.05 bits per heavy atom. The van der Waals surface area contributed by atoms with Gasteiger partial charge in [0.25, 0.3) is 0 Å². The van der Waals surface area contributed by atoms with Gasteiger partial charge in [0.1, 0.15) is 0 Å². The molecule has 1 aromatic heterocycles. The van der Waals surface area contributed by atoms with Crippen molar-refractivity contribution in [2.45, 2.75) is 64.8 Å². The average molecular weight is 297 g/mol. The van der Waals surface area contributed by atoms with Gasteiger partial charge in [0, 0.05) is 6.54 Å². The maximum atomic E-state index is 11.1. The van der Waals surface area contributed by atoms with Crippen LogP contribution >= 0.6 is 0 Å². The fraction of sp³-hybridized carbons (Fsp3) is 0.714. The summed E-state index contributed by atoms with van der Waals surface area (Å²) in [6.45, 7) is 2.57. The molecule has 0 atom stereocenters. The molecule has 0 spiro atoms. The highest BCUT2D eigenvalue weighted by Gasteiger charge is 2.24. The van der Waals surface area contributed by atoms with Crippen LogP contribution in [0.5, 0.6) is 0 Å². The first-order chi connectivity index (χ1) is 10.1. The van der Waals surface area contributed by atoms with Crippen molar-refractivity contribution in [3.05, 3.63) is 11.4 Å². The van der Waals surface area contributed by atoms with Gasteiger partial charge in [-0.15, -0.1) is 5.10 Å². The number of aromatic carboxylic acids is 2. The van der Waals surface area contributed by atoms with Gasteiger partial charge in [0.05, 0.1) is 0 Å². The molecule has 0 aliphatic rings. The standard InChI is InChI=1S/C14H23N3O4/c1-2-3-4-5-6-7-8-9-10-17-12(14(20)21)11(13(18)19)15-16-17/h2-10H2,1H3,(H,18,19)(H,20,21). The van der Waals surface area contributed by atoms with Gasteiger partial charge < -0.3 is 10.2 Å². The van der Waals surface area contributed by atoms with Gasteiger partial charge in [-0.2, -0.15) is 0 Å². The first-order valence-corrected chi connectivity index (χ1v) is 7.48. The minimum atomic E-state index is -1.37. The molecule has 0 aromatic carbocycles. The summed E-state index contributed by atoms with van der Waals surface area (Å²) in [5.41, 5.74) is -0.840. The summed E-state index contributed by atoms with van der Waals surface area (Å²) in [4.78, 5) is 21.9. The Morgan fingerprint density at radius 1 is 0.952 bits per heavy atom. The van der Waals surface area contributed by atoms with E-state index >= 15 is 0 Å². The molecule has 118 valence electrons. The summed E-state index contributed by atoms with van der Waals surface area (Å²) in [6.07, 6.45) is 9.06. The van der Waals surface area contributed by atoms with E-state index in [0.29, 0.717) is 6.54 Å². The van der Waals surface area contributed by atoms with Crippen LogP contribution in [-0.2, 0) is 6.54 Å². The Kier molecular flexibility index (Phi) is 7.42. The van der Waals surface area contributed by atoms with Gasteiger partial charge in [-0.25, -0.2) is 14.3 Å². The van der Waals surface area contributed by atoms with Crippen LogP contribution in [0.4, 0.5) is 0 Å². The van der Waals surface area contributed by atoms with Gasteiger partial charge in [0.15, 0.2) is 5.69 Å². The number of hydrogen-bond donors (Lipinski definition) is 2. The molecule has 1 rings (SSSR count). The van der Waals surface area contributed by atoms with Crippen molar-refractivity contribution in [1.82, 2.24) is 15.0 Å². The zero-order valence-corrected chi connectivity index (χ0v) is 12.4. The third-order valence-corrected chi connectivity index (χ3v) is 3.36. The predicted molar refractivity (Wildman–Crippen MR) is 76.6 cm³/mol. The number of nitrogens with zero attached hydrogens (tertiary/aromatic N) is 3. The first-order valence-electron chi connectivity index (χ1n) is 7.48. The number of hydrogen-bond acceptors (Lipinski definition) is 4. The van der Waals surface area contributed by atoms with Crippen molar-refractivity contribution in [3.8, 4) is 0 Å². The van der Waals surface area contributed by atoms with Crippen molar-refractivity contribution in [1.29, 1.82) is 0 Å². The molecular weight excluding hydrogens is 274 g/mol. The van der Waals surface area contributed by atoms with E-state index in [1.165, 1.54) is 36.8 Å². The molecule has 0 saturated carbocycles. The van der Waals surface area contributed by atoms with E-state index in [-0.39, 0.29) is 5.69 Å². The van der Waals surface area contributed by atoms with Crippen LogP contribution in [0.25, 0.3) is 0 Å². The van der Waals surface area contributed by atoms with Gasteiger partial charge in [-0.3, -0.25) is 0 Å². The van der Waals surface area contributed by atoms with Crippen LogP contribution in [0.1, 0.15) is 79.3 Å². The van der Waals surface area contributed by atoms with Crippen LogP contribution < -0.4 is 0 Å². The second-order valence-electron chi connectivity index (χ2n) is 5.09. The molecule has 1 heterocycles. The largest absolute Gasteiger partial charge is 0.476 e. The van der Waals surface area contributed by atoms with E-state index in [1.54, 1.807) is 0 Å². The lowest BCUT2D eigenvalue weighted by atomic mass is 10.1. The van der Waals surface area contributed by atoms with Crippen LogP contribution in [0, 0.1) is 0 Å². The third kappa shape index (κ3) is 5.53. The molecule has 0 fully saturated rings. The van der Waals surface area contributed by atoms with Gasteiger partial charge >= 0.3 is 11.9 Å². The van der Waals surface area contributed by atoms with E-state index in [0.717, 1.165) is 19.3 Å². The van der Waals surface area contributed by atoms with Crippen molar-refractivity contribution >= 4 is 11.9 Å². The number of unbranched alkanes of at least 4 members (excludes halogenated alkanes) is 7. The minimum absolute atomic E-state index is 0.342. The molecule has 1 aromatic rings. The summed E-state index contributed by atoms with van der Waals surface area (Å²) in [5, 5.41) is 24.9. The first kappa shape index (κ1) is 17.1. The van der Waals surface area contributed by atoms with Gasteiger partial charge in [-0.05, 0) is 6.42 Å². The molecule has 0 bridgehead atoms. The number of carboxylic acids is 2. The van der Waals surface area contributed by atoms with Crippen LogP contribution in [0.3, 0.4) is 0 Å². The Bertz CT molecular complexity index is 471. The molecule has 0 radical (unpaired) electrons. The molecule has 21 heavy (non-hydrogen) atoms. The highest BCUT2D eigenvalue weighted by molar-refractivity contribution is 5.98. The summed E-state index contributed by atoms with van der Waals surface area (Å²) < 4.78 is 1.17. The zero-order valence-electron chi connectivity index (χ0n) is 12.4. The predicted octanol–water partition coefficient (Wildman–Crippen LogP) is 2.82. The van der Waals surface area contributed by atoms with Crippen LogP contribution in [0.2, 0.25) is 0 Å². The Hall–Kier alpha value is -1.92. The Labute approximate surface area is 124 Å². The number of rotatable bonds is 11. The second-order valence-corrected chi connectivity index (χ2v) is 5.09. The van der Waals surface area contributed by atoms with E-state index in [2.05, 4.69) is 17.2 Å².